The molecule has 1 nitrogen and oxygen atoms in total. The van der Waals surface area contributed by atoms with Crippen molar-refractivity contribution in [2.45, 2.75) is 63.9 Å². The maximum Gasteiger partial charge on any atom is 0.388 e. The molecule has 16 heavy (non-hydrogen) atoms. The second-order valence-electron chi connectivity index (χ2n) is 5.68. The van der Waals surface area contributed by atoms with Crippen molar-refractivity contribution in [3.05, 3.63) is 0 Å². The van der Waals surface area contributed by atoms with Gasteiger partial charge in [0.15, 0.2) is 9.04 Å². The Morgan fingerprint density at radius 1 is 1.12 bits per heavy atom. The molecule has 0 amide bonds. The quantitative estimate of drug-likeness (QED) is 0.688. The standard InChI is InChI=1S/C10H23F3OSi2/c1-9(2,14-15(3)4)16(5,6)8-7-10(11,12)13/h15H,7-8H2,1-6H3. The molecule has 0 aromatic rings. The van der Waals surface area contributed by atoms with E-state index < -0.39 is 29.7 Å². The van der Waals surface area contributed by atoms with E-state index in [1.54, 1.807) is 0 Å². The summed E-state index contributed by atoms with van der Waals surface area (Å²) in [5, 5.41) is -0.362. The summed E-state index contributed by atoms with van der Waals surface area (Å²) < 4.78 is 42.6. The van der Waals surface area contributed by atoms with Gasteiger partial charge in [0.2, 0.25) is 0 Å². The van der Waals surface area contributed by atoms with Crippen molar-refractivity contribution >= 4 is 17.1 Å². The highest BCUT2D eigenvalue weighted by molar-refractivity contribution is 6.80. The Hall–Kier alpha value is 0.184. The van der Waals surface area contributed by atoms with Gasteiger partial charge in [-0.25, -0.2) is 0 Å². The van der Waals surface area contributed by atoms with Crippen molar-refractivity contribution < 1.29 is 17.6 Å². The molecule has 0 atom stereocenters. The van der Waals surface area contributed by atoms with Crippen molar-refractivity contribution in [3.63, 3.8) is 0 Å². The van der Waals surface area contributed by atoms with E-state index in [-0.39, 0.29) is 11.3 Å². The Morgan fingerprint density at radius 3 is 1.88 bits per heavy atom. The minimum atomic E-state index is -4.05. The van der Waals surface area contributed by atoms with Crippen LogP contribution in [0.5, 0.6) is 0 Å². The Kier molecular flexibility index (Phi) is 5.28. The third-order valence-electron chi connectivity index (χ3n) is 3.19. The summed E-state index contributed by atoms with van der Waals surface area (Å²) in [5.41, 5.74) is 0. The van der Waals surface area contributed by atoms with Crippen molar-refractivity contribution in [1.82, 2.24) is 0 Å². The van der Waals surface area contributed by atoms with E-state index in [2.05, 4.69) is 13.1 Å². The van der Waals surface area contributed by atoms with Gasteiger partial charge in [-0.3, -0.25) is 0 Å². The van der Waals surface area contributed by atoms with Crippen molar-refractivity contribution in [1.29, 1.82) is 0 Å². The maximum atomic E-state index is 12.2. The second-order valence-corrected chi connectivity index (χ2v) is 13.5. The van der Waals surface area contributed by atoms with E-state index in [4.69, 9.17) is 4.43 Å². The second kappa shape index (κ2) is 5.22. The maximum absolute atomic E-state index is 12.2. The first-order valence-electron chi connectivity index (χ1n) is 5.62. The summed E-state index contributed by atoms with van der Waals surface area (Å²) in [6.45, 7) is 12.0. The van der Waals surface area contributed by atoms with E-state index in [0.29, 0.717) is 0 Å². The zero-order valence-electron chi connectivity index (χ0n) is 11.0. The van der Waals surface area contributed by atoms with Crippen LogP contribution in [0.4, 0.5) is 13.2 Å². The van der Waals surface area contributed by atoms with Crippen LogP contribution < -0.4 is 0 Å². The highest BCUT2D eigenvalue weighted by Gasteiger charge is 2.42. The van der Waals surface area contributed by atoms with Gasteiger partial charge in [0.1, 0.15) is 0 Å². The van der Waals surface area contributed by atoms with Gasteiger partial charge < -0.3 is 4.43 Å². The number of halogens is 3. The first kappa shape index (κ1) is 16.2. The Bertz CT molecular complexity index is 225. The molecule has 0 spiro atoms. The number of hydrogen-bond acceptors (Lipinski definition) is 1. The molecule has 0 aliphatic heterocycles. The SMILES string of the molecule is C[SiH](C)OC(C)(C)[Si](C)(C)CCC(F)(F)F. The fourth-order valence-corrected chi connectivity index (χ4v) is 6.18. The summed E-state index contributed by atoms with van der Waals surface area (Å²) in [6, 6.07) is 0.241. The molecule has 6 heteroatoms. The van der Waals surface area contributed by atoms with Crippen LogP contribution in [0.1, 0.15) is 20.3 Å². The van der Waals surface area contributed by atoms with Crippen molar-refractivity contribution in [3.8, 4) is 0 Å². The van der Waals surface area contributed by atoms with Gasteiger partial charge in [-0.2, -0.15) is 13.2 Å². The topological polar surface area (TPSA) is 9.23 Å². The number of hydrogen-bond donors (Lipinski definition) is 0. The molecule has 0 bridgehead atoms. The van der Waals surface area contributed by atoms with Gasteiger partial charge in [0.25, 0.3) is 0 Å². The fraction of sp³-hybridized carbons (Fsp3) is 1.00. The van der Waals surface area contributed by atoms with Crippen LogP contribution in [-0.2, 0) is 4.43 Å². The minimum absolute atomic E-state index is 0.241. The van der Waals surface area contributed by atoms with E-state index in [1.165, 1.54) is 0 Å². The largest absolute Gasteiger partial charge is 0.418 e. The summed E-state index contributed by atoms with van der Waals surface area (Å²) in [6.07, 6.45) is -4.73. The third kappa shape index (κ3) is 5.49. The van der Waals surface area contributed by atoms with Crippen LogP contribution in [-0.4, -0.2) is 28.5 Å². The van der Waals surface area contributed by atoms with E-state index in [0.717, 1.165) is 0 Å². The molecule has 0 aromatic heterocycles. The van der Waals surface area contributed by atoms with Crippen LogP contribution in [0.2, 0.25) is 32.2 Å². The van der Waals surface area contributed by atoms with E-state index in [1.807, 2.05) is 26.9 Å². The Balaban J connectivity index is 4.51. The smallest absolute Gasteiger partial charge is 0.388 e. The molecule has 0 rings (SSSR count). The monoisotopic (exact) mass is 272 g/mol. The van der Waals surface area contributed by atoms with Gasteiger partial charge in [0, 0.05) is 11.6 Å². The van der Waals surface area contributed by atoms with E-state index >= 15 is 0 Å². The lowest BCUT2D eigenvalue weighted by molar-refractivity contribution is -0.131. The molecule has 0 saturated carbocycles. The molecular weight excluding hydrogens is 249 g/mol. The predicted octanol–water partition coefficient (Wildman–Crippen LogP) is 3.97. The molecule has 0 aliphatic carbocycles. The van der Waals surface area contributed by atoms with Gasteiger partial charge in [-0.05, 0) is 33.0 Å². The Morgan fingerprint density at radius 2 is 1.56 bits per heavy atom. The normalized spacial score (nSPS) is 14.6. The van der Waals surface area contributed by atoms with Crippen molar-refractivity contribution in [2.24, 2.45) is 0 Å². The van der Waals surface area contributed by atoms with Crippen LogP contribution in [0.3, 0.4) is 0 Å². The van der Waals surface area contributed by atoms with Crippen LogP contribution >= 0.6 is 0 Å². The summed E-state index contributed by atoms with van der Waals surface area (Å²) in [7, 11) is -3.22. The summed E-state index contributed by atoms with van der Waals surface area (Å²) >= 11 is 0. The average molecular weight is 272 g/mol. The molecule has 0 aliphatic rings. The molecule has 0 saturated heterocycles. The predicted molar refractivity (Wildman–Crippen MR) is 67.0 cm³/mol. The van der Waals surface area contributed by atoms with Crippen LogP contribution in [0.15, 0.2) is 0 Å². The molecule has 98 valence electrons. The molecule has 0 fully saturated rings. The molecule has 0 aromatic carbocycles. The van der Waals surface area contributed by atoms with Gasteiger partial charge in [-0.1, -0.05) is 13.1 Å². The minimum Gasteiger partial charge on any atom is -0.418 e. The number of alkyl halides is 3. The van der Waals surface area contributed by atoms with Crippen LogP contribution in [0, 0.1) is 0 Å². The molecular formula is C10H23F3OSi2. The first-order valence-corrected chi connectivity index (χ1v) is 11.6. The molecule has 0 N–H and O–H groups in total. The average Bonchev–Trinajstić information content (AvgIpc) is 1.96. The highest BCUT2D eigenvalue weighted by atomic mass is 28.3. The molecule has 0 heterocycles. The summed E-state index contributed by atoms with van der Waals surface area (Å²) in [4.78, 5) is 0. The lowest BCUT2D eigenvalue weighted by Gasteiger charge is -2.42. The zero-order chi connectivity index (χ0) is 13.2. The zero-order valence-corrected chi connectivity index (χ0v) is 13.2. The third-order valence-corrected chi connectivity index (χ3v) is 9.37. The lowest BCUT2D eigenvalue weighted by atomic mass is 10.5. The fourth-order valence-electron chi connectivity index (χ4n) is 1.50. The van der Waals surface area contributed by atoms with E-state index in [9.17, 15) is 13.2 Å². The van der Waals surface area contributed by atoms with Gasteiger partial charge >= 0.3 is 6.18 Å². The lowest BCUT2D eigenvalue weighted by Crippen LogP contribution is -2.54. The Labute approximate surface area is 99.1 Å². The van der Waals surface area contributed by atoms with Crippen LogP contribution in [0.25, 0.3) is 0 Å². The number of rotatable bonds is 5. The molecule has 0 radical (unpaired) electrons. The van der Waals surface area contributed by atoms with Crippen molar-refractivity contribution in [2.75, 3.05) is 0 Å². The molecule has 0 unspecified atom stereocenters. The van der Waals surface area contributed by atoms with Gasteiger partial charge in [-0.15, -0.1) is 0 Å². The highest BCUT2D eigenvalue weighted by Crippen LogP contribution is 2.33. The first-order chi connectivity index (χ1) is 6.87. The van der Waals surface area contributed by atoms with Gasteiger partial charge in [0.05, 0.1) is 8.07 Å². The summed E-state index contributed by atoms with van der Waals surface area (Å²) in [5.74, 6) is 0.